The van der Waals surface area contributed by atoms with Crippen molar-refractivity contribution in [2.45, 2.75) is 30.9 Å². The first-order valence-corrected chi connectivity index (χ1v) is 7.13. The Morgan fingerprint density at radius 3 is 3.16 bits per heavy atom. The molecule has 2 bridgehead atoms. The van der Waals surface area contributed by atoms with Gasteiger partial charge in [0.25, 0.3) is 0 Å². The third-order valence-corrected chi connectivity index (χ3v) is 5.12. The maximum atomic E-state index is 13.3. The van der Waals surface area contributed by atoms with Gasteiger partial charge in [-0.3, -0.25) is 0 Å². The lowest BCUT2D eigenvalue weighted by atomic mass is 9.75. The molecule has 2 fully saturated rings. The minimum absolute atomic E-state index is 0.105. The van der Waals surface area contributed by atoms with Gasteiger partial charge in [-0.15, -0.1) is 0 Å². The molecule has 4 atom stereocenters. The molecule has 0 aromatic heterocycles. The van der Waals surface area contributed by atoms with E-state index in [2.05, 4.69) is 4.90 Å². The highest BCUT2D eigenvalue weighted by Crippen LogP contribution is 2.48. The smallest absolute Gasteiger partial charge is 0.125 e. The summed E-state index contributed by atoms with van der Waals surface area (Å²) in [6.45, 7) is 3.41. The molecule has 3 heterocycles. The maximum absolute atomic E-state index is 13.3. The normalized spacial score (nSPS) is 40.0. The van der Waals surface area contributed by atoms with E-state index in [1.54, 1.807) is 6.07 Å². The Morgan fingerprint density at radius 1 is 1.37 bits per heavy atom. The monoisotopic (exact) mass is 262 g/mol. The second-order valence-corrected chi connectivity index (χ2v) is 6.20. The van der Waals surface area contributed by atoms with E-state index in [0.29, 0.717) is 5.92 Å². The van der Waals surface area contributed by atoms with Crippen molar-refractivity contribution in [2.24, 2.45) is 11.7 Å². The predicted molar refractivity (Wildman–Crippen MR) is 70.5 cm³/mol. The van der Waals surface area contributed by atoms with E-state index in [0.717, 1.165) is 37.2 Å². The summed E-state index contributed by atoms with van der Waals surface area (Å²) in [4.78, 5) is 2.50. The van der Waals surface area contributed by atoms with E-state index in [-0.39, 0.29) is 17.5 Å². The number of nitrogens with zero attached hydrogens (tertiary/aromatic N) is 1. The van der Waals surface area contributed by atoms with Crippen molar-refractivity contribution in [2.75, 3.05) is 19.6 Å². The molecule has 4 rings (SSSR count). The van der Waals surface area contributed by atoms with Crippen molar-refractivity contribution >= 4 is 0 Å². The number of fused-ring (bicyclic) bond motifs is 4. The largest absolute Gasteiger partial charge is 0.486 e. The quantitative estimate of drug-likeness (QED) is 0.778. The van der Waals surface area contributed by atoms with Gasteiger partial charge < -0.3 is 15.4 Å². The zero-order chi connectivity index (χ0) is 13.0. The lowest BCUT2D eigenvalue weighted by molar-refractivity contribution is -0.0440. The third-order valence-electron chi connectivity index (χ3n) is 5.12. The van der Waals surface area contributed by atoms with Crippen molar-refractivity contribution in [3.63, 3.8) is 0 Å². The molecule has 19 heavy (non-hydrogen) atoms. The highest BCUT2D eigenvalue weighted by molar-refractivity contribution is 5.39. The highest BCUT2D eigenvalue weighted by atomic mass is 19.1. The maximum Gasteiger partial charge on any atom is 0.125 e. The molecule has 4 heteroatoms. The van der Waals surface area contributed by atoms with Crippen LogP contribution in [-0.2, 0) is 0 Å². The summed E-state index contributed by atoms with van der Waals surface area (Å²) in [5.41, 5.74) is 7.00. The number of benzene rings is 1. The van der Waals surface area contributed by atoms with Gasteiger partial charge in [-0.1, -0.05) is 0 Å². The fourth-order valence-electron chi connectivity index (χ4n) is 4.06. The summed E-state index contributed by atoms with van der Waals surface area (Å²) in [5.74, 6) is 1.13. The van der Waals surface area contributed by atoms with Crippen LogP contribution in [0, 0.1) is 11.7 Å². The van der Waals surface area contributed by atoms with Crippen molar-refractivity contribution < 1.29 is 9.13 Å². The molecule has 1 aromatic carbocycles. The van der Waals surface area contributed by atoms with Crippen LogP contribution in [0.25, 0.3) is 0 Å². The number of hydrogen-bond acceptors (Lipinski definition) is 3. The van der Waals surface area contributed by atoms with Crippen LogP contribution >= 0.6 is 0 Å². The molecule has 1 aromatic rings. The Kier molecular flexibility index (Phi) is 2.42. The second-order valence-electron chi connectivity index (χ2n) is 6.20. The third kappa shape index (κ3) is 1.70. The Morgan fingerprint density at radius 2 is 2.26 bits per heavy atom. The Hall–Kier alpha value is -1.13. The van der Waals surface area contributed by atoms with Crippen LogP contribution < -0.4 is 10.5 Å². The van der Waals surface area contributed by atoms with Gasteiger partial charge >= 0.3 is 0 Å². The van der Waals surface area contributed by atoms with Crippen molar-refractivity contribution in [1.29, 1.82) is 0 Å². The van der Waals surface area contributed by atoms with Gasteiger partial charge in [-0.2, -0.15) is 0 Å². The molecule has 0 amide bonds. The first-order valence-electron chi connectivity index (χ1n) is 7.13. The zero-order valence-corrected chi connectivity index (χ0v) is 10.9. The lowest BCUT2D eigenvalue weighted by Crippen LogP contribution is -2.53. The van der Waals surface area contributed by atoms with Gasteiger partial charge in [0.15, 0.2) is 0 Å². The summed E-state index contributed by atoms with van der Waals surface area (Å²) < 4.78 is 19.7. The fourth-order valence-corrected chi connectivity index (χ4v) is 4.06. The van der Waals surface area contributed by atoms with E-state index in [9.17, 15) is 4.39 Å². The average Bonchev–Trinajstić information content (AvgIpc) is 2.81. The zero-order valence-electron chi connectivity index (χ0n) is 10.9. The first kappa shape index (κ1) is 11.7. The Balaban J connectivity index is 1.72. The van der Waals surface area contributed by atoms with E-state index >= 15 is 0 Å². The molecular formula is C15H19FN2O. The predicted octanol–water partition coefficient (Wildman–Crippen LogP) is 2.07. The number of halogens is 1. The molecule has 0 saturated carbocycles. The van der Waals surface area contributed by atoms with Crippen molar-refractivity contribution in [3.05, 3.63) is 29.6 Å². The minimum Gasteiger partial charge on any atom is -0.486 e. The topological polar surface area (TPSA) is 38.5 Å². The van der Waals surface area contributed by atoms with Gasteiger partial charge in [-0.05, 0) is 31.2 Å². The number of nitrogens with two attached hydrogens (primary N) is 1. The number of hydrogen-bond donors (Lipinski definition) is 1. The molecule has 2 saturated heterocycles. The highest BCUT2D eigenvalue weighted by Gasteiger charge is 2.51. The summed E-state index contributed by atoms with van der Waals surface area (Å²) in [6, 6.07) is 4.63. The van der Waals surface area contributed by atoms with Crippen molar-refractivity contribution in [3.8, 4) is 5.75 Å². The van der Waals surface area contributed by atoms with Crippen LogP contribution in [-0.4, -0.2) is 30.1 Å². The molecule has 1 spiro atoms. The van der Waals surface area contributed by atoms with Gasteiger partial charge in [0.05, 0.1) is 0 Å². The van der Waals surface area contributed by atoms with Crippen LogP contribution in [0.2, 0.25) is 0 Å². The molecule has 3 aliphatic rings. The molecular weight excluding hydrogens is 243 g/mol. The van der Waals surface area contributed by atoms with Crippen LogP contribution in [0.5, 0.6) is 5.75 Å². The number of ether oxygens (including phenoxy) is 1. The van der Waals surface area contributed by atoms with Gasteiger partial charge in [0.2, 0.25) is 0 Å². The van der Waals surface area contributed by atoms with Gasteiger partial charge in [-0.25, -0.2) is 4.39 Å². The van der Waals surface area contributed by atoms with Crippen LogP contribution in [0.15, 0.2) is 18.2 Å². The SMILES string of the molecule is N[C@@H]1CC2(CCN3CCC2C3)Oc2ccc(F)cc21. The first-order chi connectivity index (χ1) is 9.16. The van der Waals surface area contributed by atoms with E-state index in [1.807, 2.05) is 0 Å². The molecule has 102 valence electrons. The van der Waals surface area contributed by atoms with Crippen molar-refractivity contribution in [1.82, 2.24) is 4.90 Å². The van der Waals surface area contributed by atoms with Crippen LogP contribution in [0.3, 0.4) is 0 Å². The summed E-state index contributed by atoms with van der Waals surface area (Å²) in [5, 5.41) is 0. The molecule has 0 radical (unpaired) electrons. The summed E-state index contributed by atoms with van der Waals surface area (Å²) >= 11 is 0. The lowest BCUT2D eigenvalue weighted by Gasteiger charge is -2.47. The number of piperidine rings is 1. The van der Waals surface area contributed by atoms with E-state index in [1.165, 1.54) is 25.1 Å². The Bertz CT molecular complexity index is 521. The number of rotatable bonds is 0. The standard InChI is InChI=1S/C15H19FN2O/c16-11-1-2-14-12(7-11)13(17)8-15(19-14)4-6-18-5-3-10(15)9-18/h1-2,7,10,13H,3-6,8-9,17H2/t10?,13-,15?/m1/s1. The second kappa shape index (κ2) is 3.93. The van der Waals surface area contributed by atoms with Gasteiger partial charge in [0, 0.05) is 43.5 Å². The molecule has 3 unspecified atom stereocenters. The summed E-state index contributed by atoms with van der Waals surface area (Å²) in [6.07, 6.45) is 3.06. The van der Waals surface area contributed by atoms with Crippen LogP contribution in [0.1, 0.15) is 30.9 Å². The Labute approximate surface area is 112 Å². The summed E-state index contributed by atoms with van der Waals surface area (Å²) in [7, 11) is 0. The van der Waals surface area contributed by atoms with E-state index in [4.69, 9.17) is 10.5 Å². The fraction of sp³-hybridized carbons (Fsp3) is 0.600. The molecule has 3 aliphatic heterocycles. The van der Waals surface area contributed by atoms with Gasteiger partial charge in [0.1, 0.15) is 17.2 Å². The minimum atomic E-state index is -0.232. The van der Waals surface area contributed by atoms with E-state index < -0.39 is 0 Å². The van der Waals surface area contributed by atoms with Crippen LogP contribution in [0.4, 0.5) is 4.39 Å². The molecule has 3 nitrogen and oxygen atoms in total. The molecule has 0 aliphatic carbocycles. The average molecular weight is 262 g/mol. The molecule has 2 N–H and O–H groups in total.